The third kappa shape index (κ3) is 4.81. The largest absolute Gasteiger partial charge is 0.379 e. The van der Waals surface area contributed by atoms with Gasteiger partial charge in [-0.25, -0.2) is 0 Å². The molecular weight excluding hydrogens is 202 g/mol. The van der Waals surface area contributed by atoms with Gasteiger partial charge in [0.05, 0.1) is 39.5 Å². The zero-order chi connectivity index (χ0) is 11.7. The van der Waals surface area contributed by atoms with Gasteiger partial charge in [-0.05, 0) is 33.1 Å². The van der Waals surface area contributed by atoms with Crippen LogP contribution in [0.3, 0.4) is 0 Å². The molecule has 0 N–H and O–H groups in total. The zero-order valence-electron chi connectivity index (χ0n) is 11.0. The van der Waals surface area contributed by atoms with Crippen LogP contribution in [0.1, 0.15) is 33.1 Å². The van der Waals surface area contributed by atoms with Crippen molar-refractivity contribution >= 4 is 0 Å². The molecule has 1 fully saturated rings. The number of ether oxygens (including phenoxy) is 2. The lowest BCUT2D eigenvalue weighted by atomic mass is 10.1. The average molecular weight is 230 g/mol. The summed E-state index contributed by atoms with van der Waals surface area (Å²) in [7, 11) is 0. The summed E-state index contributed by atoms with van der Waals surface area (Å²) in [5.41, 5.74) is 0. The number of hydrogen-bond donors (Lipinski definition) is 0. The van der Waals surface area contributed by atoms with Crippen LogP contribution in [0.2, 0.25) is 0 Å². The number of likely N-dealkylation sites (N-methyl/N-ethyl adjacent to an activating group) is 1. The zero-order valence-corrected chi connectivity index (χ0v) is 11.0. The Hall–Kier alpha value is -0.120. The summed E-state index contributed by atoms with van der Waals surface area (Å²) < 4.78 is 12.1. The fourth-order valence-electron chi connectivity index (χ4n) is 2.50. The molecule has 96 valence electrons. The van der Waals surface area contributed by atoms with E-state index in [0.717, 1.165) is 26.4 Å². The molecule has 1 aliphatic heterocycles. The Morgan fingerprint density at radius 2 is 1.56 bits per heavy atom. The predicted octanol–water partition coefficient (Wildman–Crippen LogP) is 2.06. The van der Waals surface area contributed by atoms with Crippen LogP contribution < -0.4 is 0 Å². The summed E-state index contributed by atoms with van der Waals surface area (Å²) in [6, 6.07) is 0. The first-order valence-corrected chi connectivity index (χ1v) is 6.83. The van der Waals surface area contributed by atoms with Crippen molar-refractivity contribution in [1.29, 1.82) is 0 Å². The molecule has 3 nitrogen and oxygen atoms in total. The average Bonchev–Trinajstić information content (AvgIpc) is 2.35. The number of nitrogens with zero attached hydrogens (tertiary/aromatic N) is 1. The standard InChI is InChI=1S/C13H28NO2/c1-3-14(8-6-5-7-9-14)10-11-16-13-12-15-4-2/h3-13H2,1-2H3/q+1. The number of piperidine rings is 1. The SMILES string of the molecule is CCOCCOCC[N+]1(CC)CCCCC1. The van der Waals surface area contributed by atoms with Gasteiger partial charge in [-0.3, -0.25) is 0 Å². The van der Waals surface area contributed by atoms with Gasteiger partial charge < -0.3 is 14.0 Å². The lowest BCUT2D eigenvalue weighted by molar-refractivity contribution is -0.931. The van der Waals surface area contributed by atoms with Gasteiger partial charge in [0.1, 0.15) is 6.54 Å². The first kappa shape index (κ1) is 13.9. The van der Waals surface area contributed by atoms with Crippen LogP contribution in [0.5, 0.6) is 0 Å². The van der Waals surface area contributed by atoms with Crippen LogP contribution in [0.25, 0.3) is 0 Å². The molecule has 1 heterocycles. The molecule has 0 unspecified atom stereocenters. The number of likely N-dealkylation sites (tertiary alicyclic amines) is 1. The third-order valence-electron chi connectivity index (χ3n) is 3.72. The van der Waals surface area contributed by atoms with E-state index in [1.807, 2.05) is 6.92 Å². The molecule has 1 rings (SSSR count). The van der Waals surface area contributed by atoms with Crippen molar-refractivity contribution in [2.24, 2.45) is 0 Å². The molecule has 1 aliphatic rings. The molecule has 0 saturated carbocycles. The van der Waals surface area contributed by atoms with Gasteiger partial charge in [-0.2, -0.15) is 0 Å². The predicted molar refractivity (Wildman–Crippen MR) is 66.6 cm³/mol. The lowest BCUT2D eigenvalue weighted by Gasteiger charge is -2.40. The smallest absolute Gasteiger partial charge is 0.102 e. The number of hydrogen-bond acceptors (Lipinski definition) is 2. The van der Waals surface area contributed by atoms with Crippen molar-refractivity contribution in [1.82, 2.24) is 0 Å². The molecule has 0 aromatic heterocycles. The minimum atomic E-state index is 0.739. The van der Waals surface area contributed by atoms with E-state index in [0.29, 0.717) is 0 Å². The fourth-order valence-corrected chi connectivity index (χ4v) is 2.50. The van der Waals surface area contributed by atoms with E-state index in [4.69, 9.17) is 9.47 Å². The Bertz CT molecular complexity index is 167. The molecule has 3 heteroatoms. The van der Waals surface area contributed by atoms with Gasteiger partial charge in [0, 0.05) is 6.61 Å². The van der Waals surface area contributed by atoms with Crippen LogP contribution in [0.15, 0.2) is 0 Å². The highest BCUT2D eigenvalue weighted by atomic mass is 16.5. The molecule has 0 aromatic carbocycles. The summed E-state index contributed by atoms with van der Waals surface area (Å²) in [6.07, 6.45) is 4.21. The van der Waals surface area contributed by atoms with E-state index in [1.165, 1.54) is 49.9 Å². The van der Waals surface area contributed by atoms with Gasteiger partial charge in [-0.15, -0.1) is 0 Å². The van der Waals surface area contributed by atoms with E-state index in [9.17, 15) is 0 Å². The maximum absolute atomic E-state index is 5.62. The highest BCUT2D eigenvalue weighted by Crippen LogP contribution is 2.18. The fraction of sp³-hybridized carbons (Fsp3) is 1.00. The minimum Gasteiger partial charge on any atom is -0.379 e. The normalized spacial score (nSPS) is 19.9. The highest BCUT2D eigenvalue weighted by molar-refractivity contribution is 4.53. The van der Waals surface area contributed by atoms with Crippen LogP contribution in [0, 0.1) is 0 Å². The van der Waals surface area contributed by atoms with Gasteiger partial charge in [-0.1, -0.05) is 0 Å². The van der Waals surface area contributed by atoms with E-state index >= 15 is 0 Å². The van der Waals surface area contributed by atoms with Crippen molar-refractivity contribution in [3.63, 3.8) is 0 Å². The first-order chi connectivity index (χ1) is 7.83. The van der Waals surface area contributed by atoms with Crippen LogP contribution in [-0.4, -0.2) is 57.1 Å². The molecule has 0 radical (unpaired) electrons. The maximum atomic E-state index is 5.62. The van der Waals surface area contributed by atoms with Gasteiger partial charge >= 0.3 is 0 Å². The van der Waals surface area contributed by atoms with Gasteiger partial charge in [0.2, 0.25) is 0 Å². The minimum absolute atomic E-state index is 0.739. The van der Waals surface area contributed by atoms with Crippen molar-refractivity contribution in [2.75, 3.05) is 52.6 Å². The van der Waals surface area contributed by atoms with E-state index in [-0.39, 0.29) is 0 Å². The van der Waals surface area contributed by atoms with E-state index in [2.05, 4.69) is 6.92 Å². The Morgan fingerprint density at radius 3 is 2.19 bits per heavy atom. The third-order valence-corrected chi connectivity index (χ3v) is 3.72. The quantitative estimate of drug-likeness (QED) is 0.469. The van der Waals surface area contributed by atoms with E-state index in [1.54, 1.807) is 0 Å². The number of rotatable bonds is 8. The Morgan fingerprint density at radius 1 is 0.875 bits per heavy atom. The number of quaternary nitrogens is 1. The second kappa shape index (κ2) is 8.04. The molecule has 0 spiro atoms. The molecule has 1 saturated heterocycles. The van der Waals surface area contributed by atoms with Gasteiger partial charge in [0.25, 0.3) is 0 Å². The van der Waals surface area contributed by atoms with Crippen molar-refractivity contribution in [3.8, 4) is 0 Å². The van der Waals surface area contributed by atoms with Crippen LogP contribution >= 0.6 is 0 Å². The summed E-state index contributed by atoms with van der Waals surface area (Å²) in [6.45, 7) is 12.6. The van der Waals surface area contributed by atoms with Crippen LogP contribution in [-0.2, 0) is 9.47 Å². The highest BCUT2D eigenvalue weighted by Gasteiger charge is 2.27. The van der Waals surface area contributed by atoms with Crippen molar-refractivity contribution in [2.45, 2.75) is 33.1 Å². The Labute approximate surface area is 100 Å². The van der Waals surface area contributed by atoms with Crippen LogP contribution in [0.4, 0.5) is 0 Å². The molecule has 0 aliphatic carbocycles. The van der Waals surface area contributed by atoms with E-state index < -0.39 is 0 Å². The summed E-state index contributed by atoms with van der Waals surface area (Å²) in [5, 5.41) is 0. The Balaban J connectivity index is 2.08. The monoisotopic (exact) mass is 230 g/mol. The summed E-state index contributed by atoms with van der Waals surface area (Å²) >= 11 is 0. The van der Waals surface area contributed by atoms with Crippen molar-refractivity contribution < 1.29 is 14.0 Å². The first-order valence-electron chi connectivity index (χ1n) is 6.83. The van der Waals surface area contributed by atoms with Gasteiger partial charge in [0.15, 0.2) is 0 Å². The summed E-state index contributed by atoms with van der Waals surface area (Å²) in [5.74, 6) is 0. The lowest BCUT2D eigenvalue weighted by Crippen LogP contribution is -2.53. The molecular formula is C13H28NO2+. The second-order valence-electron chi connectivity index (χ2n) is 4.70. The molecule has 0 aromatic rings. The molecule has 0 atom stereocenters. The second-order valence-corrected chi connectivity index (χ2v) is 4.70. The summed E-state index contributed by atoms with van der Waals surface area (Å²) in [4.78, 5) is 0. The maximum Gasteiger partial charge on any atom is 0.102 e. The topological polar surface area (TPSA) is 18.5 Å². The molecule has 16 heavy (non-hydrogen) atoms. The van der Waals surface area contributed by atoms with Crippen molar-refractivity contribution in [3.05, 3.63) is 0 Å². The molecule has 0 amide bonds. The Kier molecular flexibility index (Phi) is 7.01. The molecule has 0 bridgehead atoms.